The summed E-state index contributed by atoms with van der Waals surface area (Å²) in [5.41, 5.74) is -0.300. The van der Waals surface area contributed by atoms with Gasteiger partial charge in [-0.15, -0.1) is 0 Å². The average Bonchev–Trinajstić information content (AvgIpc) is 2.72. The number of carboxylic acids is 1. The number of halogens is 6. The number of hydrogen-bond acceptors (Lipinski definition) is 3. The Bertz CT molecular complexity index is 1120. The van der Waals surface area contributed by atoms with Gasteiger partial charge in [-0.2, -0.15) is 26.3 Å². The summed E-state index contributed by atoms with van der Waals surface area (Å²) in [6.07, 6.45) is -7.67. The quantitative estimate of drug-likeness (QED) is 0.565. The molecule has 0 spiro atoms. The molecular formula is C24H21F6NO3. The largest absolute Gasteiger partial charge is 0.489 e. The summed E-state index contributed by atoms with van der Waals surface area (Å²) in [7, 11) is 0. The van der Waals surface area contributed by atoms with Crippen molar-refractivity contribution in [1.29, 1.82) is 0 Å². The van der Waals surface area contributed by atoms with Crippen molar-refractivity contribution in [2.75, 3.05) is 26.2 Å². The molecule has 0 aromatic heterocycles. The van der Waals surface area contributed by atoms with Crippen LogP contribution >= 0.6 is 0 Å². The fourth-order valence-electron chi connectivity index (χ4n) is 4.16. The number of alkyl halides is 6. The van der Waals surface area contributed by atoms with Crippen LogP contribution in [0.4, 0.5) is 26.3 Å². The van der Waals surface area contributed by atoms with E-state index in [0.29, 0.717) is 43.6 Å². The maximum absolute atomic E-state index is 13.4. The number of nitrogens with zero attached hydrogens (tertiary/aromatic N) is 1. The first kappa shape index (κ1) is 24.1. The van der Waals surface area contributed by atoms with Crippen molar-refractivity contribution < 1.29 is 41.0 Å². The molecule has 4 rings (SSSR count). The Morgan fingerprint density at radius 3 is 2.38 bits per heavy atom. The van der Waals surface area contributed by atoms with E-state index in [9.17, 15) is 31.1 Å². The zero-order chi connectivity index (χ0) is 24.7. The zero-order valence-corrected chi connectivity index (χ0v) is 17.8. The van der Waals surface area contributed by atoms with Gasteiger partial charge < -0.3 is 9.84 Å². The molecule has 0 unspecified atom stereocenters. The number of likely N-dealkylation sites (tertiary alicyclic amines) is 1. The summed E-state index contributed by atoms with van der Waals surface area (Å²) in [6.45, 7) is 1.89. The first-order chi connectivity index (χ1) is 15.9. The molecule has 182 valence electrons. The molecule has 2 heterocycles. The van der Waals surface area contributed by atoms with Crippen LogP contribution in [0.3, 0.4) is 0 Å². The number of rotatable bonds is 6. The van der Waals surface area contributed by atoms with Gasteiger partial charge in [-0.1, -0.05) is 18.2 Å². The van der Waals surface area contributed by atoms with Gasteiger partial charge in [0.15, 0.2) is 0 Å². The summed E-state index contributed by atoms with van der Waals surface area (Å²) in [6, 6.07) is 6.99. The number of aliphatic carboxylic acids is 1. The highest BCUT2D eigenvalue weighted by atomic mass is 19.4. The third kappa shape index (κ3) is 5.38. The maximum atomic E-state index is 13.4. The van der Waals surface area contributed by atoms with Crippen LogP contribution in [0, 0.1) is 5.92 Å². The number of aryl methyl sites for hydroxylation is 2. The lowest BCUT2D eigenvalue weighted by molar-refractivity contribution is -0.147. The number of ether oxygens (including phenoxy) is 1. The van der Waals surface area contributed by atoms with E-state index in [4.69, 9.17) is 9.84 Å². The van der Waals surface area contributed by atoms with Crippen LogP contribution in [0.2, 0.25) is 0 Å². The van der Waals surface area contributed by atoms with Gasteiger partial charge in [0, 0.05) is 25.2 Å². The highest BCUT2D eigenvalue weighted by Gasteiger charge is 2.38. The second-order valence-electron chi connectivity index (χ2n) is 8.56. The van der Waals surface area contributed by atoms with Crippen molar-refractivity contribution in [2.24, 2.45) is 5.92 Å². The van der Waals surface area contributed by atoms with Gasteiger partial charge in [-0.25, -0.2) is 0 Å². The zero-order valence-electron chi connectivity index (χ0n) is 17.8. The Labute approximate surface area is 191 Å². The molecule has 4 nitrogen and oxygen atoms in total. The maximum Gasteiger partial charge on any atom is 0.416 e. The van der Waals surface area contributed by atoms with Crippen LogP contribution in [0.5, 0.6) is 5.75 Å². The van der Waals surface area contributed by atoms with E-state index in [1.165, 1.54) is 0 Å². The lowest BCUT2D eigenvalue weighted by Gasteiger charge is -2.37. The molecule has 0 amide bonds. The number of hydrogen-bond donors (Lipinski definition) is 1. The molecule has 1 fully saturated rings. The van der Waals surface area contributed by atoms with Gasteiger partial charge in [0.05, 0.1) is 17.0 Å². The Balaban J connectivity index is 1.43. The molecule has 2 aliphatic heterocycles. The molecule has 1 saturated heterocycles. The molecule has 2 aliphatic rings. The summed E-state index contributed by atoms with van der Waals surface area (Å²) < 4.78 is 84.4. The molecule has 10 heteroatoms. The van der Waals surface area contributed by atoms with E-state index in [1.807, 2.05) is 11.0 Å². The summed E-state index contributed by atoms with van der Waals surface area (Å²) in [5, 5.41) is 8.96. The molecule has 0 radical (unpaired) electrons. The Morgan fingerprint density at radius 2 is 1.74 bits per heavy atom. The second-order valence-corrected chi connectivity index (χ2v) is 8.56. The van der Waals surface area contributed by atoms with Crippen LogP contribution in [0.15, 0.2) is 42.0 Å². The fraction of sp³-hybridized carbons (Fsp3) is 0.375. The highest BCUT2D eigenvalue weighted by molar-refractivity contribution is 5.71. The van der Waals surface area contributed by atoms with Crippen molar-refractivity contribution >= 4 is 12.0 Å². The second kappa shape index (κ2) is 8.98. The topological polar surface area (TPSA) is 49.8 Å². The molecule has 34 heavy (non-hydrogen) atoms. The summed E-state index contributed by atoms with van der Waals surface area (Å²) in [5.74, 6) is -0.569. The number of fused-ring (bicyclic) bond motifs is 1. The lowest BCUT2D eigenvalue weighted by atomic mass is 9.96. The Hall–Kier alpha value is -3.01. The molecular weight excluding hydrogens is 464 g/mol. The van der Waals surface area contributed by atoms with Gasteiger partial charge in [0.1, 0.15) is 12.4 Å². The highest BCUT2D eigenvalue weighted by Crippen LogP contribution is 2.38. The molecule has 1 N–H and O–H groups in total. The van der Waals surface area contributed by atoms with E-state index in [2.05, 4.69) is 0 Å². The predicted octanol–water partition coefficient (Wildman–Crippen LogP) is 5.30. The van der Waals surface area contributed by atoms with Crippen LogP contribution in [0.25, 0.3) is 6.08 Å². The SMILES string of the molecule is O=C(O)C1CN(CC2=Cc3ccc(CCc4ccc(C(F)(F)F)cc4C(F)(F)F)cc3OC2)C1. The van der Waals surface area contributed by atoms with Crippen molar-refractivity contribution in [3.63, 3.8) is 0 Å². The molecule has 0 bridgehead atoms. The standard InChI is InChI=1S/C24H21F6NO3/c25-23(26,27)19-6-5-16(20(9-19)24(28,29)30)3-1-14-2-4-17-7-15(13-34-21(17)8-14)10-31-11-18(12-31)22(32)33/h2,4-9,18H,1,3,10-13H2,(H,32,33). The van der Waals surface area contributed by atoms with Gasteiger partial charge >= 0.3 is 18.3 Å². The van der Waals surface area contributed by atoms with E-state index < -0.39 is 29.4 Å². The predicted molar refractivity (Wildman–Crippen MR) is 111 cm³/mol. The lowest BCUT2D eigenvalue weighted by Crippen LogP contribution is -2.51. The van der Waals surface area contributed by atoms with Gasteiger partial charge in [-0.3, -0.25) is 9.69 Å². The van der Waals surface area contributed by atoms with Gasteiger partial charge in [0.2, 0.25) is 0 Å². The van der Waals surface area contributed by atoms with Crippen LogP contribution in [0.1, 0.15) is 27.8 Å². The summed E-state index contributed by atoms with van der Waals surface area (Å²) in [4.78, 5) is 12.9. The van der Waals surface area contributed by atoms with Crippen LogP contribution in [-0.2, 0) is 30.0 Å². The van der Waals surface area contributed by atoms with Crippen molar-refractivity contribution in [2.45, 2.75) is 25.2 Å². The van der Waals surface area contributed by atoms with Crippen molar-refractivity contribution in [1.82, 2.24) is 4.90 Å². The minimum absolute atomic E-state index is 0.0768. The van der Waals surface area contributed by atoms with Gasteiger partial charge in [-0.05, 0) is 53.8 Å². The Kier molecular flexibility index (Phi) is 6.37. The van der Waals surface area contributed by atoms with E-state index in [1.54, 1.807) is 18.2 Å². The third-order valence-electron chi connectivity index (χ3n) is 6.01. The van der Waals surface area contributed by atoms with E-state index in [0.717, 1.165) is 17.2 Å². The number of carbonyl (C=O) groups is 1. The van der Waals surface area contributed by atoms with Crippen LogP contribution in [-0.4, -0.2) is 42.2 Å². The Morgan fingerprint density at radius 1 is 1.00 bits per heavy atom. The fourth-order valence-corrected chi connectivity index (χ4v) is 4.16. The average molecular weight is 485 g/mol. The number of carboxylic acid groups (broad SMARTS) is 1. The van der Waals surface area contributed by atoms with Gasteiger partial charge in [0.25, 0.3) is 0 Å². The minimum Gasteiger partial charge on any atom is -0.489 e. The third-order valence-corrected chi connectivity index (χ3v) is 6.01. The van der Waals surface area contributed by atoms with E-state index in [-0.39, 0.29) is 30.4 Å². The van der Waals surface area contributed by atoms with Crippen LogP contribution < -0.4 is 4.74 Å². The van der Waals surface area contributed by atoms with Crippen molar-refractivity contribution in [3.05, 3.63) is 69.8 Å². The molecule has 2 aromatic rings. The number of benzene rings is 2. The summed E-state index contributed by atoms with van der Waals surface area (Å²) >= 11 is 0. The minimum atomic E-state index is -4.89. The van der Waals surface area contributed by atoms with Crippen molar-refractivity contribution in [3.8, 4) is 5.75 Å². The first-order valence-corrected chi connectivity index (χ1v) is 10.6. The normalized spacial score (nSPS) is 16.9. The molecule has 2 aromatic carbocycles. The molecule has 0 atom stereocenters. The molecule has 0 saturated carbocycles. The molecule has 0 aliphatic carbocycles. The monoisotopic (exact) mass is 485 g/mol. The first-order valence-electron chi connectivity index (χ1n) is 10.6. The van der Waals surface area contributed by atoms with E-state index >= 15 is 0 Å². The smallest absolute Gasteiger partial charge is 0.416 e.